The first kappa shape index (κ1) is 12.8. The van der Waals surface area contributed by atoms with Gasteiger partial charge in [-0.05, 0) is 18.4 Å². The summed E-state index contributed by atoms with van der Waals surface area (Å²) in [6, 6.07) is 9.85. The number of unbranched alkanes of at least 4 members (excludes halogenated alkanes) is 2. The van der Waals surface area contributed by atoms with Crippen molar-refractivity contribution in [3.8, 4) is 0 Å². The summed E-state index contributed by atoms with van der Waals surface area (Å²) < 4.78 is 0. The Bertz CT molecular complexity index is 425. The van der Waals surface area contributed by atoms with Crippen LogP contribution < -0.4 is 0 Å². The van der Waals surface area contributed by atoms with Crippen molar-refractivity contribution in [1.82, 2.24) is 5.06 Å². The minimum atomic E-state index is 0.0158. The van der Waals surface area contributed by atoms with Gasteiger partial charge in [0.1, 0.15) is 6.61 Å². The molecule has 0 radical (unpaired) electrons. The molecule has 1 amide bonds. The molecule has 0 aromatic heterocycles. The number of amides is 1. The second kappa shape index (κ2) is 6.36. The SMILES string of the molecule is CCCCCC1=CN(OCc2ccccc2)C1=O. The summed E-state index contributed by atoms with van der Waals surface area (Å²) in [5.74, 6) is 0.0158. The van der Waals surface area contributed by atoms with Gasteiger partial charge in [-0.15, -0.1) is 0 Å². The highest BCUT2D eigenvalue weighted by molar-refractivity contribution is 5.98. The van der Waals surface area contributed by atoms with E-state index in [-0.39, 0.29) is 5.91 Å². The van der Waals surface area contributed by atoms with Gasteiger partial charge in [0.05, 0.1) is 0 Å². The fourth-order valence-electron chi connectivity index (χ4n) is 1.88. The lowest BCUT2D eigenvalue weighted by Gasteiger charge is -2.27. The van der Waals surface area contributed by atoms with Gasteiger partial charge >= 0.3 is 0 Å². The lowest BCUT2D eigenvalue weighted by atomic mass is 10.0. The maximum atomic E-state index is 11.7. The molecular weight excluding hydrogens is 226 g/mol. The first-order valence-corrected chi connectivity index (χ1v) is 6.52. The van der Waals surface area contributed by atoms with Crippen molar-refractivity contribution in [3.05, 3.63) is 47.7 Å². The monoisotopic (exact) mass is 245 g/mol. The zero-order chi connectivity index (χ0) is 12.8. The number of carbonyl (C=O) groups is 1. The lowest BCUT2D eigenvalue weighted by molar-refractivity contribution is -0.178. The van der Waals surface area contributed by atoms with Crippen LogP contribution in [-0.4, -0.2) is 11.0 Å². The molecule has 18 heavy (non-hydrogen) atoms. The Balaban J connectivity index is 1.74. The summed E-state index contributed by atoms with van der Waals surface area (Å²) in [7, 11) is 0. The molecule has 0 saturated heterocycles. The van der Waals surface area contributed by atoms with Crippen LogP contribution in [0.5, 0.6) is 0 Å². The topological polar surface area (TPSA) is 29.5 Å². The Kier molecular flexibility index (Phi) is 4.53. The Hall–Kier alpha value is -1.61. The standard InChI is InChI=1S/C15H19NO2/c1-2-3-5-10-14-11-16(15(14)17)18-12-13-8-6-4-7-9-13/h4,6-9,11H,2-3,5,10,12H2,1H3. The number of hydrogen-bond donors (Lipinski definition) is 0. The minimum Gasteiger partial charge on any atom is -0.267 e. The van der Waals surface area contributed by atoms with Crippen molar-refractivity contribution in [2.24, 2.45) is 0 Å². The smallest absolute Gasteiger partial charge is 0.267 e. The number of hydrogen-bond acceptors (Lipinski definition) is 2. The molecule has 0 fully saturated rings. The zero-order valence-electron chi connectivity index (χ0n) is 10.8. The first-order chi connectivity index (χ1) is 8.81. The fourth-order valence-corrected chi connectivity index (χ4v) is 1.88. The third-order valence-electron chi connectivity index (χ3n) is 3.01. The van der Waals surface area contributed by atoms with E-state index in [0.717, 1.165) is 24.0 Å². The predicted octanol–water partition coefficient (Wildman–Crippen LogP) is 3.42. The van der Waals surface area contributed by atoms with Crippen molar-refractivity contribution >= 4 is 5.91 Å². The Morgan fingerprint density at radius 2 is 1.94 bits per heavy atom. The molecule has 0 aliphatic carbocycles. The molecule has 1 aliphatic heterocycles. The van der Waals surface area contributed by atoms with E-state index < -0.39 is 0 Å². The van der Waals surface area contributed by atoms with E-state index in [0.29, 0.717) is 6.61 Å². The summed E-state index contributed by atoms with van der Waals surface area (Å²) >= 11 is 0. The molecule has 0 atom stereocenters. The van der Waals surface area contributed by atoms with E-state index in [2.05, 4.69) is 6.92 Å². The molecule has 3 heteroatoms. The van der Waals surface area contributed by atoms with Crippen LogP contribution in [0.1, 0.15) is 38.2 Å². The summed E-state index contributed by atoms with van der Waals surface area (Å²) in [6.07, 6.45) is 6.12. The molecule has 0 spiro atoms. The fraction of sp³-hybridized carbons (Fsp3) is 0.400. The van der Waals surface area contributed by atoms with Gasteiger partial charge in [0.2, 0.25) is 0 Å². The van der Waals surface area contributed by atoms with E-state index in [4.69, 9.17) is 4.84 Å². The van der Waals surface area contributed by atoms with Crippen molar-refractivity contribution in [2.75, 3.05) is 0 Å². The molecule has 3 nitrogen and oxygen atoms in total. The van der Waals surface area contributed by atoms with E-state index in [1.807, 2.05) is 30.3 Å². The molecule has 96 valence electrons. The molecule has 0 bridgehead atoms. The maximum Gasteiger partial charge on any atom is 0.279 e. The van der Waals surface area contributed by atoms with Crippen molar-refractivity contribution < 1.29 is 9.63 Å². The van der Waals surface area contributed by atoms with E-state index >= 15 is 0 Å². The van der Waals surface area contributed by atoms with Crippen LogP contribution >= 0.6 is 0 Å². The summed E-state index contributed by atoms with van der Waals surface area (Å²) in [5.41, 5.74) is 1.95. The van der Waals surface area contributed by atoms with Gasteiger partial charge in [-0.25, -0.2) is 0 Å². The maximum absolute atomic E-state index is 11.7. The molecule has 1 aliphatic rings. The molecule has 2 rings (SSSR count). The zero-order valence-corrected chi connectivity index (χ0v) is 10.8. The summed E-state index contributed by atoms with van der Waals surface area (Å²) in [6.45, 7) is 2.59. The van der Waals surface area contributed by atoms with Gasteiger partial charge in [0, 0.05) is 11.8 Å². The highest BCUT2D eigenvalue weighted by Gasteiger charge is 2.27. The van der Waals surface area contributed by atoms with Crippen molar-refractivity contribution in [2.45, 2.75) is 39.2 Å². The Labute approximate surface area is 108 Å². The number of benzene rings is 1. The third kappa shape index (κ3) is 3.20. The second-order valence-corrected chi connectivity index (χ2v) is 4.50. The van der Waals surface area contributed by atoms with Crippen LogP contribution in [0.4, 0.5) is 0 Å². The molecular formula is C15H19NO2. The van der Waals surface area contributed by atoms with Gasteiger partial charge in [0.15, 0.2) is 0 Å². The Morgan fingerprint density at radius 1 is 1.17 bits per heavy atom. The van der Waals surface area contributed by atoms with Gasteiger partial charge < -0.3 is 0 Å². The number of carbonyl (C=O) groups excluding carboxylic acids is 1. The van der Waals surface area contributed by atoms with E-state index in [1.165, 1.54) is 17.9 Å². The highest BCUT2D eigenvalue weighted by Crippen LogP contribution is 2.22. The van der Waals surface area contributed by atoms with Crippen LogP contribution in [0.25, 0.3) is 0 Å². The first-order valence-electron chi connectivity index (χ1n) is 6.52. The molecule has 0 saturated carbocycles. The third-order valence-corrected chi connectivity index (χ3v) is 3.01. The molecule has 1 heterocycles. The number of nitrogens with zero attached hydrogens (tertiary/aromatic N) is 1. The highest BCUT2D eigenvalue weighted by atomic mass is 16.7. The summed E-state index contributed by atoms with van der Waals surface area (Å²) in [5, 5.41) is 1.34. The van der Waals surface area contributed by atoms with Crippen LogP contribution in [0.15, 0.2) is 42.1 Å². The minimum absolute atomic E-state index is 0.0158. The summed E-state index contributed by atoms with van der Waals surface area (Å²) in [4.78, 5) is 17.1. The normalized spacial score (nSPS) is 14.4. The second-order valence-electron chi connectivity index (χ2n) is 4.50. The quantitative estimate of drug-likeness (QED) is 0.689. The number of rotatable bonds is 7. The van der Waals surface area contributed by atoms with Crippen molar-refractivity contribution in [1.29, 1.82) is 0 Å². The van der Waals surface area contributed by atoms with Gasteiger partial charge in [0.25, 0.3) is 5.91 Å². The average Bonchev–Trinajstić information content (AvgIpc) is 2.42. The lowest BCUT2D eigenvalue weighted by Crippen LogP contribution is -2.36. The van der Waals surface area contributed by atoms with Crippen LogP contribution in [0.2, 0.25) is 0 Å². The van der Waals surface area contributed by atoms with Crippen LogP contribution in [0.3, 0.4) is 0 Å². The molecule has 0 N–H and O–H groups in total. The number of hydroxylamine groups is 2. The van der Waals surface area contributed by atoms with Gasteiger partial charge in [-0.2, -0.15) is 5.06 Å². The Morgan fingerprint density at radius 3 is 2.61 bits per heavy atom. The van der Waals surface area contributed by atoms with Crippen LogP contribution in [-0.2, 0) is 16.2 Å². The van der Waals surface area contributed by atoms with Crippen LogP contribution in [0, 0.1) is 0 Å². The molecule has 0 unspecified atom stereocenters. The molecule has 1 aromatic rings. The predicted molar refractivity (Wildman–Crippen MR) is 70.3 cm³/mol. The van der Waals surface area contributed by atoms with Gasteiger partial charge in [-0.3, -0.25) is 9.63 Å². The largest absolute Gasteiger partial charge is 0.279 e. The van der Waals surface area contributed by atoms with E-state index in [1.54, 1.807) is 6.20 Å². The van der Waals surface area contributed by atoms with Crippen molar-refractivity contribution in [3.63, 3.8) is 0 Å². The van der Waals surface area contributed by atoms with Gasteiger partial charge in [-0.1, -0.05) is 50.1 Å². The van der Waals surface area contributed by atoms with E-state index in [9.17, 15) is 4.79 Å². The molecule has 1 aromatic carbocycles. The average molecular weight is 245 g/mol.